The van der Waals surface area contributed by atoms with Crippen molar-refractivity contribution in [2.45, 2.75) is 6.42 Å². The van der Waals surface area contributed by atoms with Crippen LogP contribution < -0.4 is 10.8 Å². The summed E-state index contributed by atoms with van der Waals surface area (Å²) in [5.41, 5.74) is 1.32. The maximum atomic E-state index is 11.7. The summed E-state index contributed by atoms with van der Waals surface area (Å²) in [6.07, 6.45) is 0.301. The molecular weight excluding hydrogens is 249 g/mol. The van der Waals surface area contributed by atoms with E-state index in [-0.39, 0.29) is 5.91 Å². The lowest BCUT2D eigenvalue weighted by atomic mass is 9.83. The summed E-state index contributed by atoms with van der Waals surface area (Å²) in [7, 11) is -1.50. The molecule has 92 valence electrons. The molecule has 18 heavy (non-hydrogen) atoms. The highest BCUT2D eigenvalue weighted by atomic mass is 32.1. The number of amides is 1. The zero-order chi connectivity index (χ0) is 13.0. The lowest BCUT2D eigenvalue weighted by molar-refractivity contribution is -0.115. The van der Waals surface area contributed by atoms with Crippen LogP contribution in [0.25, 0.3) is 0 Å². The van der Waals surface area contributed by atoms with Gasteiger partial charge in [-0.3, -0.25) is 4.79 Å². The highest BCUT2D eigenvalue weighted by Crippen LogP contribution is 2.14. The van der Waals surface area contributed by atoms with Crippen molar-refractivity contribution in [3.05, 3.63) is 47.3 Å². The second kappa shape index (κ2) is 5.81. The van der Waals surface area contributed by atoms with Gasteiger partial charge in [0.2, 0.25) is 5.91 Å². The van der Waals surface area contributed by atoms with Gasteiger partial charge in [0.1, 0.15) is 0 Å². The van der Waals surface area contributed by atoms with E-state index >= 15 is 0 Å². The molecule has 6 heteroatoms. The fraction of sp³-hybridized carbons (Fsp3) is 0.0833. The van der Waals surface area contributed by atoms with Gasteiger partial charge in [0, 0.05) is 0 Å². The number of anilines is 1. The van der Waals surface area contributed by atoms with E-state index in [0.29, 0.717) is 16.9 Å². The van der Waals surface area contributed by atoms with E-state index in [0.717, 1.165) is 5.56 Å². The summed E-state index contributed by atoms with van der Waals surface area (Å²) in [5, 5.41) is 22.8. The molecule has 0 unspecified atom stereocenters. The lowest BCUT2D eigenvalue weighted by Crippen LogP contribution is -2.28. The summed E-state index contributed by atoms with van der Waals surface area (Å²) in [5.74, 6) is -0.123. The van der Waals surface area contributed by atoms with Gasteiger partial charge in [-0.15, -0.1) is 11.3 Å². The fourth-order valence-corrected chi connectivity index (χ4v) is 2.34. The molecule has 0 saturated heterocycles. The molecule has 2 rings (SSSR count). The van der Waals surface area contributed by atoms with Crippen molar-refractivity contribution < 1.29 is 14.8 Å². The summed E-state index contributed by atoms with van der Waals surface area (Å²) < 4.78 is 0. The van der Waals surface area contributed by atoms with Crippen molar-refractivity contribution in [2.24, 2.45) is 0 Å². The van der Waals surface area contributed by atoms with Crippen molar-refractivity contribution >= 4 is 34.8 Å². The van der Waals surface area contributed by atoms with Crippen LogP contribution in [0.4, 0.5) is 5.00 Å². The predicted molar refractivity (Wildman–Crippen MR) is 72.9 cm³/mol. The first-order valence-electron chi connectivity index (χ1n) is 5.43. The molecule has 4 nitrogen and oxygen atoms in total. The molecule has 0 atom stereocenters. The van der Waals surface area contributed by atoms with Gasteiger partial charge < -0.3 is 15.4 Å². The number of nitrogens with one attached hydrogen (secondary N) is 1. The summed E-state index contributed by atoms with van der Waals surface area (Å²) >= 11 is 1.26. The Morgan fingerprint density at radius 1 is 1.28 bits per heavy atom. The van der Waals surface area contributed by atoms with E-state index in [1.807, 2.05) is 30.3 Å². The Hall–Kier alpha value is -1.63. The molecule has 0 spiro atoms. The van der Waals surface area contributed by atoms with Gasteiger partial charge in [0.25, 0.3) is 0 Å². The molecule has 0 radical (unpaired) electrons. The molecule has 2 aromatic rings. The van der Waals surface area contributed by atoms with Crippen LogP contribution in [0.5, 0.6) is 0 Å². The van der Waals surface area contributed by atoms with Crippen LogP contribution in [0.15, 0.2) is 41.8 Å². The van der Waals surface area contributed by atoms with Gasteiger partial charge in [-0.25, -0.2) is 0 Å². The third-order valence-corrected chi connectivity index (χ3v) is 3.25. The molecular formula is C12H12BNO3S. The van der Waals surface area contributed by atoms with Crippen LogP contribution in [-0.4, -0.2) is 23.1 Å². The van der Waals surface area contributed by atoms with Gasteiger partial charge in [-0.2, -0.15) is 0 Å². The number of hydrogen-bond acceptors (Lipinski definition) is 4. The number of rotatable bonds is 4. The lowest BCUT2D eigenvalue weighted by Gasteiger charge is -2.02. The molecule has 1 aromatic heterocycles. The summed E-state index contributed by atoms with van der Waals surface area (Å²) in [6.45, 7) is 0. The minimum Gasteiger partial charge on any atom is -0.423 e. The third kappa shape index (κ3) is 3.43. The van der Waals surface area contributed by atoms with Gasteiger partial charge in [-0.1, -0.05) is 30.3 Å². The molecule has 0 aliphatic rings. The van der Waals surface area contributed by atoms with E-state index in [2.05, 4.69) is 5.32 Å². The van der Waals surface area contributed by atoms with Crippen LogP contribution in [0.1, 0.15) is 5.56 Å². The van der Waals surface area contributed by atoms with Crippen LogP contribution in [0, 0.1) is 0 Å². The smallest absolute Gasteiger partial charge is 0.423 e. The van der Waals surface area contributed by atoms with E-state index in [4.69, 9.17) is 10.0 Å². The minimum atomic E-state index is -1.50. The van der Waals surface area contributed by atoms with Crippen molar-refractivity contribution in [1.29, 1.82) is 0 Å². The maximum Gasteiger partial charge on any atom is 0.489 e. The monoisotopic (exact) mass is 261 g/mol. The number of carbonyl (C=O) groups is 1. The molecule has 3 N–H and O–H groups in total. The Balaban J connectivity index is 1.95. The second-order valence-corrected chi connectivity index (χ2v) is 4.74. The summed E-state index contributed by atoms with van der Waals surface area (Å²) in [4.78, 5) is 11.7. The topological polar surface area (TPSA) is 69.6 Å². The molecule has 0 aliphatic carbocycles. The maximum absolute atomic E-state index is 11.7. The Morgan fingerprint density at radius 3 is 2.61 bits per heavy atom. The minimum absolute atomic E-state index is 0.123. The van der Waals surface area contributed by atoms with Crippen LogP contribution in [0.2, 0.25) is 0 Å². The molecule has 0 bridgehead atoms. The number of benzene rings is 1. The first kappa shape index (κ1) is 12.8. The zero-order valence-corrected chi connectivity index (χ0v) is 10.4. The van der Waals surface area contributed by atoms with E-state index < -0.39 is 7.12 Å². The zero-order valence-electron chi connectivity index (χ0n) is 9.54. The van der Waals surface area contributed by atoms with Gasteiger partial charge in [-0.05, 0) is 22.5 Å². The van der Waals surface area contributed by atoms with Gasteiger partial charge in [0.05, 0.1) is 11.4 Å². The Labute approximate surface area is 109 Å². The van der Waals surface area contributed by atoms with E-state index in [1.54, 1.807) is 11.4 Å². The Morgan fingerprint density at radius 2 is 2.00 bits per heavy atom. The van der Waals surface area contributed by atoms with Crippen molar-refractivity contribution in [1.82, 2.24) is 0 Å². The average molecular weight is 261 g/mol. The first-order valence-corrected chi connectivity index (χ1v) is 6.31. The largest absolute Gasteiger partial charge is 0.489 e. The highest BCUT2D eigenvalue weighted by Gasteiger charge is 2.14. The van der Waals surface area contributed by atoms with Crippen LogP contribution in [0.3, 0.4) is 0 Å². The van der Waals surface area contributed by atoms with Crippen LogP contribution >= 0.6 is 11.3 Å². The van der Waals surface area contributed by atoms with E-state index in [1.165, 1.54) is 11.3 Å². The van der Waals surface area contributed by atoms with E-state index in [9.17, 15) is 4.79 Å². The van der Waals surface area contributed by atoms with Crippen molar-refractivity contribution in [3.8, 4) is 0 Å². The molecule has 0 fully saturated rings. The average Bonchev–Trinajstić information content (AvgIpc) is 2.78. The SMILES string of the molecule is O=C(Cc1ccccc1)Nc1cc(B(O)O)cs1. The molecule has 1 heterocycles. The molecule has 0 aliphatic heterocycles. The third-order valence-electron chi connectivity index (χ3n) is 2.39. The normalized spacial score (nSPS) is 10.1. The Kier molecular flexibility index (Phi) is 4.14. The summed E-state index contributed by atoms with van der Waals surface area (Å²) in [6, 6.07) is 11.0. The van der Waals surface area contributed by atoms with Gasteiger partial charge >= 0.3 is 7.12 Å². The molecule has 1 aromatic carbocycles. The van der Waals surface area contributed by atoms with Crippen LogP contribution in [-0.2, 0) is 11.2 Å². The molecule has 0 saturated carbocycles. The van der Waals surface area contributed by atoms with Crippen molar-refractivity contribution in [3.63, 3.8) is 0 Å². The number of thiophene rings is 1. The standard InChI is InChI=1S/C12H12BNO3S/c15-11(6-9-4-2-1-3-5-9)14-12-7-10(8-18-12)13(16)17/h1-5,7-8,16-17H,6H2,(H,14,15). The number of hydrogen-bond donors (Lipinski definition) is 3. The fourth-order valence-electron chi connectivity index (χ4n) is 1.51. The second-order valence-electron chi connectivity index (χ2n) is 3.83. The quantitative estimate of drug-likeness (QED) is 0.706. The highest BCUT2D eigenvalue weighted by molar-refractivity contribution is 7.15. The Bertz CT molecular complexity index is 527. The van der Waals surface area contributed by atoms with Crippen molar-refractivity contribution in [2.75, 3.05) is 5.32 Å². The number of carbonyl (C=O) groups excluding carboxylic acids is 1. The van der Waals surface area contributed by atoms with Gasteiger partial charge in [0.15, 0.2) is 0 Å². The predicted octanol–water partition coefficient (Wildman–Crippen LogP) is 0.609. The first-order chi connectivity index (χ1) is 8.65. The molecule has 1 amide bonds.